The van der Waals surface area contributed by atoms with Crippen LogP contribution in [0, 0.1) is 0 Å². The highest BCUT2D eigenvalue weighted by Gasteiger charge is 2.32. The molecule has 0 radical (unpaired) electrons. The topological polar surface area (TPSA) is 110 Å². The van der Waals surface area contributed by atoms with E-state index < -0.39 is 10.0 Å². The first-order valence-corrected chi connectivity index (χ1v) is 11.1. The van der Waals surface area contributed by atoms with Gasteiger partial charge < -0.3 is 4.90 Å². The molecule has 0 saturated carbocycles. The Kier molecular flexibility index (Phi) is 4.45. The van der Waals surface area contributed by atoms with E-state index >= 15 is 0 Å². The second kappa shape index (κ2) is 7.13. The largest absolute Gasteiger partial charge is 0.337 e. The summed E-state index contributed by atoms with van der Waals surface area (Å²) in [4.78, 5) is 2.19. The van der Waals surface area contributed by atoms with Gasteiger partial charge in [0.2, 0.25) is 16.0 Å². The number of anilines is 1. The number of piperazine rings is 1. The minimum atomic E-state index is -3.66. The zero-order valence-corrected chi connectivity index (χ0v) is 16.8. The van der Waals surface area contributed by atoms with Gasteiger partial charge in [-0.2, -0.15) is 17.7 Å². The van der Waals surface area contributed by atoms with Crippen LogP contribution in [0.25, 0.3) is 16.7 Å². The molecule has 0 amide bonds. The highest BCUT2D eigenvalue weighted by atomic mass is 32.2. The Bertz CT molecular complexity index is 1250. The van der Waals surface area contributed by atoms with Crippen molar-refractivity contribution in [2.24, 2.45) is 0 Å². The summed E-state index contributed by atoms with van der Waals surface area (Å²) in [5.41, 5.74) is 1.87. The van der Waals surface area contributed by atoms with Crippen LogP contribution in [0.4, 0.5) is 5.95 Å². The van der Waals surface area contributed by atoms with Crippen molar-refractivity contribution in [3.63, 3.8) is 0 Å². The van der Waals surface area contributed by atoms with Crippen LogP contribution in [0.5, 0.6) is 0 Å². The molecule has 0 N–H and O–H groups in total. The van der Waals surface area contributed by atoms with Gasteiger partial charge >= 0.3 is 0 Å². The third kappa shape index (κ3) is 3.14. The number of hydrogen-bond acceptors (Lipinski definition) is 9. The number of sulfonamides is 1. The number of tetrazole rings is 1. The summed E-state index contributed by atoms with van der Waals surface area (Å²) in [5.74, 6) is 0.596. The first-order chi connectivity index (χ1) is 14.1. The first-order valence-electron chi connectivity index (χ1n) is 8.95. The van der Waals surface area contributed by atoms with Gasteiger partial charge in [0.05, 0.1) is 17.4 Å². The average Bonchev–Trinajstić information content (AvgIpc) is 3.44. The Balaban J connectivity index is 1.38. The molecule has 1 fully saturated rings. The van der Waals surface area contributed by atoms with E-state index in [1.165, 1.54) is 4.31 Å². The third-order valence-electron chi connectivity index (χ3n) is 4.84. The quantitative estimate of drug-likeness (QED) is 0.477. The van der Waals surface area contributed by atoms with E-state index in [0.29, 0.717) is 43.2 Å². The molecule has 12 heteroatoms. The van der Waals surface area contributed by atoms with Gasteiger partial charge in [-0.25, -0.2) is 8.42 Å². The van der Waals surface area contributed by atoms with Crippen LogP contribution in [0.15, 0.2) is 53.4 Å². The van der Waals surface area contributed by atoms with Gasteiger partial charge in [0.1, 0.15) is 15.9 Å². The van der Waals surface area contributed by atoms with E-state index in [2.05, 4.69) is 24.3 Å². The number of para-hydroxylation sites is 1. The number of nitrogens with zero attached hydrogens (tertiary/aromatic N) is 8. The normalized spacial score (nSPS) is 15.8. The number of aromatic nitrogens is 6. The number of rotatable bonds is 4. The fraction of sp³-hybridized carbons (Fsp3) is 0.235. The molecule has 0 spiro atoms. The van der Waals surface area contributed by atoms with E-state index in [1.807, 2.05) is 35.2 Å². The van der Waals surface area contributed by atoms with Gasteiger partial charge in [-0.3, -0.25) is 0 Å². The molecule has 1 saturated heterocycles. The molecule has 29 heavy (non-hydrogen) atoms. The Morgan fingerprint density at radius 2 is 1.69 bits per heavy atom. The standard InChI is InChI=1S/C17H16N8O2S2/c26-29(27,15-8-4-7-14-16(15)20-28-19-14)24-11-9-23(10-12-24)17-18-21-22-25(17)13-5-2-1-3-6-13/h1-8H,9-12H2. The molecular weight excluding hydrogens is 412 g/mol. The van der Waals surface area contributed by atoms with Crippen LogP contribution in [-0.2, 0) is 10.0 Å². The van der Waals surface area contributed by atoms with E-state index in [4.69, 9.17) is 0 Å². The Hall–Kier alpha value is -2.96. The SMILES string of the molecule is O=S(=O)(c1cccc2nsnc12)N1CCN(c2nnnn2-c2ccccc2)CC1. The molecule has 3 heterocycles. The number of hydrogen-bond donors (Lipinski definition) is 0. The molecule has 1 aliphatic heterocycles. The molecule has 1 aliphatic rings. The summed E-state index contributed by atoms with van der Waals surface area (Å²) in [6.45, 7) is 1.63. The molecule has 4 aromatic rings. The average molecular weight is 429 g/mol. The summed E-state index contributed by atoms with van der Waals surface area (Å²) in [7, 11) is -3.66. The number of fused-ring (bicyclic) bond motifs is 1. The van der Waals surface area contributed by atoms with E-state index in [-0.39, 0.29) is 4.90 Å². The smallest absolute Gasteiger partial charge is 0.250 e. The molecule has 0 atom stereocenters. The van der Waals surface area contributed by atoms with E-state index in [1.54, 1.807) is 22.9 Å². The van der Waals surface area contributed by atoms with Gasteiger partial charge in [0.15, 0.2) is 0 Å². The summed E-state index contributed by atoms with van der Waals surface area (Å²) in [6, 6.07) is 14.6. The van der Waals surface area contributed by atoms with Crippen LogP contribution in [0.3, 0.4) is 0 Å². The lowest BCUT2D eigenvalue weighted by atomic mass is 10.3. The highest BCUT2D eigenvalue weighted by Crippen LogP contribution is 2.26. The molecule has 148 valence electrons. The lowest BCUT2D eigenvalue weighted by Gasteiger charge is -2.34. The molecule has 0 aliphatic carbocycles. The van der Waals surface area contributed by atoms with Crippen molar-refractivity contribution in [1.29, 1.82) is 0 Å². The van der Waals surface area contributed by atoms with Crippen molar-refractivity contribution in [3.8, 4) is 5.69 Å². The van der Waals surface area contributed by atoms with Crippen molar-refractivity contribution < 1.29 is 8.42 Å². The molecule has 10 nitrogen and oxygen atoms in total. The minimum absolute atomic E-state index is 0.200. The van der Waals surface area contributed by atoms with Crippen molar-refractivity contribution in [2.45, 2.75) is 4.90 Å². The van der Waals surface area contributed by atoms with Crippen molar-refractivity contribution in [1.82, 2.24) is 33.3 Å². The Morgan fingerprint density at radius 1 is 0.897 bits per heavy atom. The molecule has 0 bridgehead atoms. The fourth-order valence-electron chi connectivity index (χ4n) is 3.37. The maximum Gasteiger partial charge on any atom is 0.250 e. The zero-order chi connectivity index (χ0) is 19.8. The maximum absolute atomic E-state index is 13.2. The van der Waals surface area contributed by atoms with Gasteiger partial charge in [-0.05, 0) is 34.7 Å². The summed E-state index contributed by atoms with van der Waals surface area (Å²) in [5, 5.41) is 12.0. The Morgan fingerprint density at radius 3 is 2.48 bits per heavy atom. The maximum atomic E-state index is 13.2. The highest BCUT2D eigenvalue weighted by molar-refractivity contribution is 7.89. The molecule has 2 aromatic heterocycles. The zero-order valence-electron chi connectivity index (χ0n) is 15.2. The van der Waals surface area contributed by atoms with E-state index in [9.17, 15) is 8.42 Å². The molecule has 2 aromatic carbocycles. The summed E-state index contributed by atoms with van der Waals surface area (Å²) >= 11 is 1.01. The second-order valence-corrected chi connectivity index (χ2v) is 8.94. The number of benzene rings is 2. The lowest BCUT2D eigenvalue weighted by molar-refractivity contribution is 0.382. The first kappa shape index (κ1) is 18.1. The van der Waals surface area contributed by atoms with Crippen LogP contribution in [0.1, 0.15) is 0 Å². The summed E-state index contributed by atoms with van der Waals surface area (Å²) in [6.07, 6.45) is 0. The van der Waals surface area contributed by atoms with Gasteiger partial charge in [0, 0.05) is 26.2 Å². The lowest BCUT2D eigenvalue weighted by Crippen LogP contribution is -2.49. The van der Waals surface area contributed by atoms with Crippen LogP contribution < -0.4 is 4.90 Å². The monoisotopic (exact) mass is 428 g/mol. The van der Waals surface area contributed by atoms with Crippen molar-refractivity contribution in [3.05, 3.63) is 48.5 Å². The second-order valence-electron chi connectivity index (χ2n) is 6.51. The predicted molar refractivity (Wildman–Crippen MR) is 108 cm³/mol. The fourth-order valence-corrected chi connectivity index (χ4v) is 5.55. The van der Waals surface area contributed by atoms with Gasteiger partial charge in [0.25, 0.3) is 0 Å². The van der Waals surface area contributed by atoms with Gasteiger partial charge in [-0.1, -0.05) is 29.4 Å². The summed E-state index contributed by atoms with van der Waals surface area (Å²) < 4.78 is 37.8. The van der Waals surface area contributed by atoms with Crippen molar-refractivity contribution in [2.75, 3.05) is 31.1 Å². The van der Waals surface area contributed by atoms with Crippen LogP contribution in [-0.4, -0.2) is 67.9 Å². The van der Waals surface area contributed by atoms with Crippen LogP contribution >= 0.6 is 11.7 Å². The van der Waals surface area contributed by atoms with Crippen LogP contribution in [0.2, 0.25) is 0 Å². The minimum Gasteiger partial charge on any atom is -0.337 e. The molecule has 5 rings (SSSR count). The third-order valence-corrected chi connectivity index (χ3v) is 7.31. The molecule has 0 unspecified atom stereocenters. The van der Waals surface area contributed by atoms with Gasteiger partial charge in [-0.15, -0.1) is 0 Å². The van der Waals surface area contributed by atoms with E-state index in [0.717, 1.165) is 17.4 Å². The van der Waals surface area contributed by atoms with Crippen molar-refractivity contribution >= 4 is 38.7 Å². The predicted octanol–water partition coefficient (Wildman–Crippen LogP) is 1.18. The Labute approximate surface area is 170 Å². The molecular formula is C17H16N8O2S2.